The number of hydrogen-bond acceptors (Lipinski definition) is 2. The first-order valence-electron chi connectivity index (χ1n) is 7.46. The second-order valence-electron chi connectivity index (χ2n) is 5.61. The number of methoxy groups -OCH3 is 1. The maximum atomic E-state index is 12.1. The van der Waals surface area contributed by atoms with Crippen LogP contribution >= 0.6 is 0 Å². The minimum Gasteiger partial charge on any atom is -0.497 e. The van der Waals surface area contributed by atoms with Crippen molar-refractivity contribution in [1.82, 2.24) is 0 Å². The first kappa shape index (κ1) is 16.1. The molecule has 0 radical (unpaired) electrons. The molecule has 0 aromatic heterocycles. The first-order valence-corrected chi connectivity index (χ1v) is 7.46. The van der Waals surface area contributed by atoms with Crippen molar-refractivity contribution in [2.75, 3.05) is 7.11 Å². The van der Waals surface area contributed by atoms with Gasteiger partial charge in [0.2, 0.25) is 0 Å². The Morgan fingerprint density at radius 3 is 2.41 bits per heavy atom. The topological polar surface area (TPSA) is 46.5 Å². The van der Waals surface area contributed by atoms with Crippen molar-refractivity contribution < 1.29 is 14.6 Å². The average Bonchev–Trinajstić information content (AvgIpc) is 2.56. The second kappa shape index (κ2) is 6.65. The molecule has 2 rings (SSSR count). The Morgan fingerprint density at radius 1 is 1.18 bits per heavy atom. The molecule has 3 heteroatoms. The van der Waals surface area contributed by atoms with Crippen LogP contribution in [0.2, 0.25) is 0 Å². The zero-order chi connectivity index (χ0) is 16.2. The molecule has 3 nitrogen and oxygen atoms in total. The maximum absolute atomic E-state index is 12.1. The molecule has 0 amide bonds. The van der Waals surface area contributed by atoms with E-state index in [0.29, 0.717) is 0 Å². The highest BCUT2D eigenvalue weighted by Gasteiger charge is 2.43. The van der Waals surface area contributed by atoms with Crippen LogP contribution < -0.4 is 4.74 Å². The van der Waals surface area contributed by atoms with E-state index in [1.54, 1.807) is 14.0 Å². The molecule has 0 spiro atoms. The molecule has 0 bridgehead atoms. The minimum atomic E-state index is -0.984. The Hall–Kier alpha value is -2.29. The number of rotatable bonds is 6. The Bertz CT molecular complexity index is 636. The summed E-state index contributed by atoms with van der Waals surface area (Å²) < 4.78 is 5.28. The van der Waals surface area contributed by atoms with Gasteiger partial charge in [-0.05, 0) is 36.6 Å². The van der Waals surface area contributed by atoms with Crippen LogP contribution in [0.5, 0.6) is 5.75 Å². The van der Waals surface area contributed by atoms with Crippen molar-refractivity contribution in [1.29, 1.82) is 0 Å². The third kappa shape index (κ3) is 2.84. The lowest BCUT2D eigenvalue weighted by molar-refractivity contribution is -0.144. The summed E-state index contributed by atoms with van der Waals surface area (Å²) in [6.45, 7) is 3.83. The van der Waals surface area contributed by atoms with E-state index in [4.69, 9.17) is 4.74 Å². The third-order valence-electron chi connectivity index (χ3n) is 4.42. The summed E-state index contributed by atoms with van der Waals surface area (Å²) in [6, 6.07) is 17.1. The zero-order valence-electron chi connectivity index (χ0n) is 13.2. The van der Waals surface area contributed by atoms with Gasteiger partial charge in [0, 0.05) is 5.92 Å². The quantitative estimate of drug-likeness (QED) is 0.868. The largest absolute Gasteiger partial charge is 0.497 e. The predicted molar refractivity (Wildman–Crippen MR) is 87.5 cm³/mol. The van der Waals surface area contributed by atoms with Gasteiger partial charge >= 0.3 is 5.97 Å². The summed E-state index contributed by atoms with van der Waals surface area (Å²) in [5.74, 6) is -0.201. The SMILES string of the molecule is CCC(c1cccc(OC)c1)C(C)(C(=O)O)c1ccccc1. The van der Waals surface area contributed by atoms with Crippen molar-refractivity contribution in [2.45, 2.75) is 31.6 Å². The smallest absolute Gasteiger partial charge is 0.314 e. The lowest BCUT2D eigenvalue weighted by Crippen LogP contribution is -2.38. The number of benzene rings is 2. The van der Waals surface area contributed by atoms with Crippen LogP contribution in [0.15, 0.2) is 54.6 Å². The molecule has 1 N–H and O–H groups in total. The molecule has 0 aliphatic rings. The van der Waals surface area contributed by atoms with E-state index in [2.05, 4.69) is 0 Å². The molecular weight excluding hydrogens is 276 g/mol. The summed E-state index contributed by atoms with van der Waals surface area (Å²) in [4.78, 5) is 12.1. The van der Waals surface area contributed by atoms with E-state index in [0.717, 1.165) is 23.3 Å². The number of aliphatic carboxylic acids is 1. The molecule has 0 aliphatic heterocycles. The number of carbonyl (C=O) groups is 1. The Morgan fingerprint density at radius 2 is 1.86 bits per heavy atom. The van der Waals surface area contributed by atoms with Crippen LogP contribution in [0.25, 0.3) is 0 Å². The summed E-state index contributed by atoms with van der Waals surface area (Å²) in [7, 11) is 1.62. The summed E-state index contributed by atoms with van der Waals surface area (Å²) >= 11 is 0. The fourth-order valence-electron chi connectivity index (χ4n) is 3.09. The summed E-state index contributed by atoms with van der Waals surface area (Å²) in [6.07, 6.45) is 0.727. The molecule has 2 aromatic carbocycles. The highest BCUT2D eigenvalue weighted by molar-refractivity contribution is 5.82. The zero-order valence-corrected chi connectivity index (χ0v) is 13.2. The number of carboxylic acid groups (broad SMARTS) is 1. The van der Waals surface area contributed by atoms with Gasteiger partial charge in [-0.25, -0.2) is 0 Å². The van der Waals surface area contributed by atoms with Crippen LogP contribution in [-0.4, -0.2) is 18.2 Å². The molecule has 0 saturated heterocycles. The van der Waals surface area contributed by atoms with Crippen LogP contribution in [0.4, 0.5) is 0 Å². The van der Waals surface area contributed by atoms with E-state index in [1.807, 2.05) is 61.5 Å². The fourth-order valence-corrected chi connectivity index (χ4v) is 3.09. The second-order valence-corrected chi connectivity index (χ2v) is 5.61. The minimum absolute atomic E-state index is 0.137. The standard InChI is InChI=1S/C19H22O3/c1-4-17(14-9-8-12-16(13-14)22-3)19(2,18(20)21)15-10-6-5-7-11-15/h5-13,17H,4H2,1-3H3,(H,20,21). The number of ether oxygens (including phenoxy) is 1. The van der Waals surface area contributed by atoms with E-state index in [9.17, 15) is 9.90 Å². The summed E-state index contributed by atoms with van der Waals surface area (Å²) in [5, 5.41) is 9.94. The van der Waals surface area contributed by atoms with Gasteiger partial charge in [-0.2, -0.15) is 0 Å². The van der Waals surface area contributed by atoms with Gasteiger partial charge < -0.3 is 9.84 Å². The van der Waals surface area contributed by atoms with Gasteiger partial charge in [0.05, 0.1) is 12.5 Å². The predicted octanol–water partition coefficient (Wildman–Crippen LogP) is 4.23. The van der Waals surface area contributed by atoms with Gasteiger partial charge in [-0.15, -0.1) is 0 Å². The van der Waals surface area contributed by atoms with Gasteiger partial charge in [-0.3, -0.25) is 4.79 Å². The number of carboxylic acids is 1. The Kier molecular flexibility index (Phi) is 4.86. The molecular formula is C19H22O3. The lowest BCUT2D eigenvalue weighted by Gasteiger charge is -2.34. The average molecular weight is 298 g/mol. The van der Waals surface area contributed by atoms with Crippen molar-refractivity contribution >= 4 is 5.97 Å². The first-order chi connectivity index (χ1) is 10.5. The van der Waals surface area contributed by atoms with Gasteiger partial charge in [-0.1, -0.05) is 49.4 Å². The van der Waals surface area contributed by atoms with Crippen LogP contribution in [0.3, 0.4) is 0 Å². The molecule has 2 aromatic rings. The molecule has 22 heavy (non-hydrogen) atoms. The molecule has 0 aliphatic carbocycles. The van der Waals surface area contributed by atoms with Crippen LogP contribution in [0, 0.1) is 0 Å². The number of hydrogen-bond donors (Lipinski definition) is 1. The Labute approximate surface area is 131 Å². The molecule has 0 fully saturated rings. The van der Waals surface area contributed by atoms with Gasteiger partial charge in [0.1, 0.15) is 5.75 Å². The maximum Gasteiger partial charge on any atom is 0.314 e. The fraction of sp³-hybridized carbons (Fsp3) is 0.316. The monoisotopic (exact) mass is 298 g/mol. The van der Waals surface area contributed by atoms with Gasteiger partial charge in [0.15, 0.2) is 0 Å². The molecule has 116 valence electrons. The van der Waals surface area contributed by atoms with Crippen molar-refractivity contribution in [3.63, 3.8) is 0 Å². The molecule has 0 heterocycles. The molecule has 0 saturated carbocycles. The third-order valence-corrected chi connectivity index (χ3v) is 4.42. The van der Waals surface area contributed by atoms with Crippen molar-refractivity contribution in [2.24, 2.45) is 0 Å². The van der Waals surface area contributed by atoms with E-state index >= 15 is 0 Å². The van der Waals surface area contributed by atoms with Gasteiger partial charge in [0.25, 0.3) is 0 Å². The van der Waals surface area contributed by atoms with E-state index < -0.39 is 11.4 Å². The molecule has 2 unspecified atom stereocenters. The van der Waals surface area contributed by atoms with E-state index in [-0.39, 0.29) is 5.92 Å². The summed E-state index contributed by atoms with van der Waals surface area (Å²) in [5.41, 5.74) is 0.815. The van der Waals surface area contributed by atoms with Crippen LogP contribution in [0.1, 0.15) is 37.3 Å². The Balaban J connectivity index is 2.56. The lowest BCUT2D eigenvalue weighted by atomic mass is 9.68. The highest BCUT2D eigenvalue weighted by atomic mass is 16.5. The molecule has 2 atom stereocenters. The van der Waals surface area contributed by atoms with Crippen molar-refractivity contribution in [3.8, 4) is 5.75 Å². The van der Waals surface area contributed by atoms with E-state index in [1.165, 1.54) is 0 Å². The highest BCUT2D eigenvalue weighted by Crippen LogP contribution is 2.42. The van der Waals surface area contributed by atoms with Crippen molar-refractivity contribution in [3.05, 3.63) is 65.7 Å². The van der Waals surface area contributed by atoms with Crippen LogP contribution in [-0.2, 0) is 10.2 Å². The normalized spacial score (nSPS) is 14.9.